The summed E-state index contributed by atoms with van der Waals surface area (Å²) >= 11 is 5.74. The smallest absolute Gasteiger partial charge is 0.119 e. The highest BCUT2D eigenvalue weighted by Crippen LogP contribution is 2.08. The number of benzene rings is 1. The van der Waals surface area contributed by atoms with Crippen molar-refractivity contribution in [2.75, 3.05) is 25.6 Å². The molecule has 1 aromatic rings. The SMILES string of the molecule is CCC(CCCl)CNCCOc1ccccc1. The zero-order chi connectivity index (χ0) is 12.3. The molecule has 0 spiro atoms. The van der Waals surface area contributed by atoms with Crippen LogP contribution in [0.25, 0.3) is 0 Å². The van der Waals surface area contributed by atoms with Crippen molar-refractivity contribution in [1.82, 2.24) is 5.32 Å². The highest BCUT2D eigenvalue weighted by atomic mass is 35.5. The minimum absolute atomic E-state index is 0.684. The molecule has 0 amide bonds. The Morgan fingerprint density at radius 1 is 1.29 bits per heavy atom. The van der Waals surface area contributed by atoms with Crippen molar-refractivity contribution in [3.63, 3.8) is 0 Å². The number of hydrogen-bond acceptors (Lipinski definition) is 2. The minimum atomic E-state index is 0.684. The highest BCUT2D eigenvalue weighted by Gasteiger charge is 2.04. The molecule has 1 unspecified atom stereocenters. The Kier molecular flexibility index (Phi) is 7.85. The number of alkyl halides is 1. The maximum atomic E-state index is 5.74. The molecule has 0 aliphatic heterocycles. The van der Waals surface area contributed by atoms with Gasteiger partial charge < -0.3 is 10.1 Å². The largest absolute Gasteiger partial charge is 0.492 e. The molecule has 2 nitrogen and oxygen atoms in total. The fourth-order valence-electron chi connectivity index (χ4n) is 1.67. The van der Waals surface area contributed by atoms with E-state index in [-0.39, 0.29) is 0 Å². The molecule has 0 aliphatic rings. The second kappa shape index (κ2) is 9.32. The molecular formula is C14H22ClNO. The topological polar surface area (TPSA) is 21.3 Å². The first kappa shape index (κ1) is 14.3. The zero-order valence-corrected chi connectivity index (χ0v) is 11.2. The molecule has 0 fully saturated rings. The Hall–Kier alpha value is -0.730. The number of hydrogen-bond donors (Lipinski definition) is 1. The van der Waals surface area contributed by atoms with Gasteiger partial charge in [-0.25, -0.2) is 0 Å². The van der Waals surface area contributed by atoms with Gasteiger partial charge in [-0.2, -0.15) is 0 Å². The Morgan fingerprint density at radius 3 is 2.71 bits per heavy atom. The van der Waals surface area contributed by atoms with Crippen LogP contribution in [0.2, 0.25) is 0 Å². The predicted octanol–water partition coefficient (Wildman–Crippen LogP) is 3.31. The van der Waals surface area contributed by atoms with Crippen LogP contribution in [0, 0.1) is 5.92 Å². The molecule has 0 saturated carbocycles. The lowest BCUT2D eigenvalue weighted by Gasteiger charge is -2.14. The third-order valence-corrected chi connectivity index (χ3v) is 3.04. The fraction of sp³-hybridized carbons (Fsp3) is 0.571. The van der Waals surface area contributed by atoms with E-state index in [9.17, 15) is 0 Å². The van der Waals surface area contributed by atoms with Crippen LogP contribution in [0.4, 0.5) is 0 Å². The lowest BCUT2D eigenvalue weighted by Crippen LogP contribution is -2.27. The van der Waals surface area contributed by atoms with Crippen LogP contribution in [0.5, 0.6) is 5.75 Å². The van der Waals surface area contributed by atoms with Crippen LogP contribution in [-0.2, 0) is 0 Å². The van der Waals surface area contributed by atoms with Gasteiger partial charge in [-0.1, -0.05) is 31.5 Å². The van der Waals surface area contributed by atoms with Gasteiger partial charge >= 0.3 is 0 Å². The van der Waals surface area contributed by atoms with Crippen LogP contribution >= 0.6 is 11.6 Å². The second-order valence-electron chi connectivity index (χ2n) is 4.12. The number of nitrogens with one attached hydrogen (secondary N) is 1. The van der Waals surface area contributed by atoms with Crippen LogP contribution < -0.4 is 10.1 Å². The number of ether oxygens (including phenoxy) is 1. The van der Waals surface area contributed by atoms with Crippen molar-refractivity contribution in [2.24, 2.45) is 5.92 Å². The quantitative estimate of drug-likeness (QED) is 0.540. The Bertz CT molecular complexity index is 279. The molecule has 0 aromatic heterocycles. The molecular weight excluding hydrogens is 234 g/mol. The van der Waals surface area contributed by atoms with E-state index < -0.39 is 0 Å². The summed E-state index contributed by atoms with van der Waals surface area (Å²) in [6, 6.07) is 9.90. The van der Waals surface area contributed by atoms with Crippen molar-refractivity contribution in [2.45, 2.75) is 19.8 Å². The van der Waals surface area contributed by atoms with Crippen LogP contribution in [0.15, 0.2) is 30.3 Å². The molecule has 1 aromatic carbocycles. The molecule has 1 atom stereocenters. The van der Waals surface area contributed by atoms with E-state index in [1.165, 1.54) is 6.42 Å². The number of halogens is 1. The maximum absolute atomic E-state index is 5.74. The average molecular weight is 256 g/mol. The first-order chi connectivity index (χ1) is 8.36. The lowest BCUT2D eigenvalue weighted by atomic mass is 10.0. The van der Waals surface area contributed by atoms with E-state index in [4.69, 9.17) is 16.3 Å². The van der Waals surface area contributed by atoms with E-state index in [2.05, 4.69) is 12.2 Å². The fourth-order valence-corrected chi connectivity index (χ4v) is 1.98. The number of para-hydroxylation sites is 1. The molecule has 96 valence electrons. The van der Waals surface area contributed by atoms with E-state index in [1.807, 2.05) is 30.3 Å². The Morgan fingerprint density at radius 2 is 2.06 bits per heavy atom. The summed E-state index contributed by atoms with van der Waals surface area (Å²) in [7, 11) is 0. The molecule has 0 bridgehead atoms. The molecule has 1 N–H and O–H groups in total. The minimum Gasteiger partial charge on any atom is -0.492 e. The maximum Gasteiger partial charge on any atom is 0.119 e. The highest BCUT2D eigenvalue weighted by molar-refractivity contribution is 6.17. The predicted molar refractivity (Wildman–Crippen MR) is 73.9 cm³/mol. The van der Waals surface area contributed by atoms with Gasteiger partial charge in [-0.05, 0) is 31.0 Å². The molecule has 0 radical (unpaired) electrons. The van der Waals surface area contributed by atoms with E-state index >= 15 is 0 Å². The first-order valence-electron chi connectivity index (χ1n) is 6.31. The third-order valence-electron chi connectivity index (χ3n) is 2.82. The molecule has 0 saturated heterocycles. The summed E-state index contributed by atoms with van der Waals surface area (Å²) in [5.74, 6) is 2.37. The molecule has 1 rings (SSSR count). The van der Waals surface area contributed by atoms with Crippen molar-refractivity contribution in [3.8, 4) is 5.75 Å². The van der Waals surface area contributed by atoms with Crippen molar-refractivity contribution in [1.29, 1.82) is 0 Å². The molecule has 17 heavy (non-hydrogen) atoms. The third kappa shape index (κ3) is 6.54. The van der Waals surface area contributed by atoms with Crippen LogP contribution in [-0.4, -0.2) is 25.6 Å². The average Bonchev–Trinajstić information content (AvgIpc) is 2.38. The zero-order valence-electron chi connectivity index (χ0n) is 10.5. The monoisotopic (exact) mass is 255 g/mol. The van der Waals surface area contributed by atoms with E-state index in [0.29, 0.717) is 12.5 Å². The Balaban J connectivity index is 2.04. The standard InChI is InChI=1S/C14H22ClNO/c1-2-13(8-9-15)12-16-10-11-17-14-6-4-3-5-7-14/h3-7,13,16H,2,8-12H2,1H3. The molecule has 3 heteroatoms. The van der Waals surface area contributed by atoms with Crippen molar-refractivity contribution in [3.05, 3.63) is 30.3 Å². The van der Waals surface area contributed by atoms with Gasteiger partial charge in [0.15, 0.2) is 0 Å². The van der Waals surface area contributed by atoms with E-state index in [0.717, 1.165) is 31.1 Å². The first-order valence-corrected chi connectivity index (χ1v) is 6.84. The summed E-state index contributed by atoms with van der Waals surface area (Å²) in [6.07, 6.45) is 2.27. The normalized spacial score (nSPS) is 12.4. The van der Waals surface area contributed by atoms with Crippen LogP contribution in [0.3, 0.4) is 0 Å². The van der Waals surface area contributed by atoms with Gasteiger partial charge in [-0.15, -0.1) is 11.6 Å². The molecule has 0 aliphatic carbocycles. The van der Waals surface area contributed by atoms with Crippen LogP contribution in [0.1, 0.15) is 19.8 Å². The summed E-state index contributed by atoms with van der Waals surface area (Å²) in [4.78, 5) is 0. The second-order valence-corrected chi connectivity index (χ2v) is 4.50. The van der Waals surface area contributed by atoms with Gasteiger partial charge in [0.25, 0.3) is 0 Å². The lowest BCUT2D eigenvalue weighted by molar-refractivity contribution is 0.307. The van der Waals surface area contributed by atoms with Gasteiger partial charge in [-0.3, -0.25) is 0 Å². The van der Waals surface area contributed by atoms with Gasteiger partial charge in [0.05, 0.1) is 0 Å². The van der Waals surface area contributed by atoms with Gasteiger partial charge in [0, 0.05) is 12.4 Å². The van der Waals surface area contributed by atoms with Crippen molar-refractivity contribution >= 4 is 11.6 Å². The van der Waals surface area contributed by atoms with Crippen molar-refractivity contribution < 1.29 is 4.74 Å². The summed E-state index contributed by atoms with van der Waals surface area (Å²) in [6.45, 7) is 4.83. The number of rotatable bonds is 9. The van der Waals surface area contributed by atoms with E-state index in [1.54, 1.807) is 0 Å². The summed E-state index contributed by atoms with van der Waals surface area (Å²) in [5.41, 5.74) is 0. The Labute approximate surface area is 109 Å². The molecule has 0 heterocycles. The van der Waals surface area contributed by atoms with Gasteiger partial charge in [0.1, 0.15) is 12.4 Å². The summed E-state index contributed by atoms with van der Waals surface area (Å²) < 4.78 is 5.59. The summed E-state index contributed by atoms with van der Waals surface area (Å²) in [5, 5.41) is 3.41. The van der Waals surface area contributed by atoms with Gasteiger partial charge in [0.2, 0.25) is 0 Å².